The number of aromatic nitrogens is 1. The monoisotopic (exact) mass is 315 g/mol. The zero-order valence-electron chi connectivity index (χ0n) is 13.2. The Labute approximate surface area is 135 Å². The van der Waals surface area contributed by atoms with E-state index in [9.17, 15) is 4.79 Å². The van der Waals surface area contributed by atoms with Gasteiger partial charge in [-0.3, -0.25) is 9.69 Å². The number of amides is 1. The van der Waals surface area contributed by atoms with Crippen LogP contribution in [0.4, 0.5) is 0 Å². The maximum atomic E-state index is 12.2. The number of carbonyl (C=O) groups is 1. The molecule has 0 bridgehead atoms. The molecule has 1 atom stereocenters. The van der Waals surface area contributed by atoms with E-state index in [-0.39, 0.29) is 11.9 Å². The van der Waals surface area contributed by atoms with Crippen molar-refractivity contribution in [1.29, 1.82) is 0 Å². The second-order valence-electron chi connectivity index (χ2n) is 5.61. The molecule has 23 heavy (non-hydrogen) atoms. The lowest BCUT2D eigenvalue weighted by atomic mass is 10.0. The Bertz CT molecular complexity index is 636. The number of aryl methyl sites for hydroxylation is 1. The van der Waals surface area contributed by atoms with Crippen molar-refractivity contribution in [2.75, 3.05) is 32.8 Å². The van der Waals surface area contributed by atoms with Crippen LogP contribution in [-0.2, 0) is 4.74 Å². The van der Waals surface area contributed by atoms with E-state index in [1.807, 2.05) is 18.2 Å². The van der Waals surface area contributed by atoms with E-state index in [2.05, 4.69) is 27.5 Å². The van der Waals surface area contributed by atoms with E-state index < -0.39 is 0 Å². The number of morpholine rings is 1. The van der Waals surface area contributed by atoms with Gasteiger partial charge in [-0.25, -0.2) is 0 Å². The van der Waals surface area contributed by atoms with Crippen LogP contribution in [0.15, 0.2) is 40.9 Å². The van der Waals surface area contributed by atoms with Crippen LogP contribution in [0.1, 0.15) is 27.9 Å². The molecule has 2 aromatic rings. The van der Waals surface area contributed by atoms with Gasteiger partial charge >= 0.3 is 0 Å². The summed E-state index contributed by atoms with van der Waals surface area (Å²) in [6.45, 7) is 5.45. The lowest BCUT2D eigenvalue weighted by Gasteiger charge is -2.34. The molecule has 1 amide bonds. The molecule has 1 N–H and O–H groups in total. The standard InChI is InChI=1S/C17H21N3O3/c1-13-11-15(19-23-13)17(21)18-12-16(14-5-3-2-4-6-14)20-7-9-22-10-8-20/h2-6,11,16H,7-10,12H2,1H3,(H,18,21). The molecule has 1 aliphatic heterocycles. The quantitative estimate of drug-likeness (QED) is 0.911. The maximum Gasteiger partial charge on any atom is 0.273 e. The third-order valence-corrected chi connectivity index (χ3v) is 3.99. The van der Waals surface area contributed by atoms with Gasteiger partial charge in [0.15, 0.2) is 5.69 Å². The van der Waals surface area contributed by atoms with Gasteiger partial charge < -0.3 is 14.6 Å². The number of nitrogens with one attached hydrogen (secondary N) is 1. The summed E-state index contributed by atoms with van der Waals surface area (Å²) in [7, 11) is 0. The summed E-state index contributed by atoms with van der Waals surface area (Å²) in [5, 5.41) is 6.72. The third kappa shape index (κ3) is 3.97. The number of rotatable bonds is 5. The first-order chi connectivity index (χ1) is 11.2. The number of hydrogen-bond acceptors (Lipinski definition) is 5. The Balaban J connectivity index is 1.69. The molecule has 0 aliphatic carbocycles. The highest BCUT2D eigenvalue weighted by Gasteiger charge is 2.23. The number of nitrogens with zero attached hydrogens (tertiary/aromatic N) is 2. The largest absolute Gasteiger partial charge is 0.379 e. The van der Waals surface area contributed by atoms with Crippen molar-refractivity contribution in [3.8, 4) is 0 Å². The first-order valence-corrected chi connectivity index (χ1v) is 7.82. The number of benzene rings is 1. The van der Waals surface area contributed by atoms with Crippen molar-refractivity contribution in [1.82, 2.24) is 15.4 Å². The van der Waals surface area contributed by atoms with Crippen molar-refractivity contribution in [2.24, 2.45) is 0 Å². The molecule has 2 heterocycles. The topological polar surface area (TPSA) is 67.6 Å². The predicted octanol–water partition coefficient (Wildman–Crippen LogP) is 1.79. The summed E-state index contributed by atoms with van der Waals surface area (Å²) in [5.41, 5.74) is 1.50. The Hall–Kier alpha value is -2.18. The zero-order chi connectivity index (χ0) is 16.1. The van der Waals surface area contributed by atoms with Crippen molar-refractivity contribution in [3.63, 3.8) is 0 Å². The second kappa shape index (κ2) is 7.39. The highest BCUT2D eigenvalue weighted by molar-refractivity contribution is 5.92. The minimum atomic E-state index is -0.212. The van der Waals surface area contributed by atoms with Crippen molar-refractivity contribution in [2.45, 2.75) is 13.0 Å². The lowest BCUT2D eigenvalue weighted by molar-refractivity contribution is 0.0162. The molecule has 1 unspecified atom stereocenters. The summed E-state index contributed by atoms with van der Waals surface area (Å²) in [6, 6.07) is 12.0. The van der Waals surface area contributed by atoms with Gasteiger partial charge in [0.2, 0.25) is 0 Å². The average Bonchev–Trinajstić information content (AvgIpc) is 3.03. The van der Waals surface area contributed by atoms with Crippen LogP contribution in [-0.4, -0.2) is 48.8 Å². The molecule has 122 valence electrons. The fourth-order valence-electron chi connectivity index (χ4n) is 2.78. The molecule has 1 fully saturated rings. The molecule has 6 heteroatoms. The fourth-order valence-corrected chi connectivity index (χ4v) is 2.78. The van der Waals surface area contributed by atoms with Crippen LogP contribution >= 0.6 is 0 Å². The highest BCUT2D eigenvalue weighted by atomic mass is 16.5. The Kier molecular flexibility index (Phi) is 5.05. The van der Waals surface area contributed by atoms with Crippen LogP contribution in [0.5, 0.6) is 0 Å². The molecule has 6 nitrogen and oxygen atoms in total. The van der Waals surface area contributed by atoms with Gasteiger partial charge in [0.25, 0.3) is 5.91 Å². The van der Waals surface area contributed by atoms with Crippen LogP contribution in [0, 0.1) is 6.92 Å². The van der Waals surface area contributed by atoms with Crippen LogP contribution in [0.3, 0.4) is 0 Å². The lowest BCUT2D eigenvalue weighted by Crippen LogP contribution is -2.43. The molecule has 3 rings (SSSR count). The second-order valence-corrected chi connectivity index (χ2v) is 5.61. The van der Waals surface area contributed by atoms with E-state index in [0.717, 1.165) is 26.3 Å². The van der Waals surface area contributed by atoms with Crippen molar-refractivity contribution >= 4 is 5.91 Å². The van der Waals surface area contributed by atoms with Crippen LogP contribution in [0.2, 0.25) is 0 Å². The Morgan fingerprint density at radius 1 is 1.30 bits per heavy atom. The first kappa shape index (κ1) is 15.7. The van der Waals surface area contributed by atoms with Gasteiger partial charge in [-0.15, -0.1) is 0 Å². The zero-order valence-corrected chi connectivity index (χ0v) is 13.2. The van der Waals surface area contributed by atoms with Gasteiger partial charge in [0, 0.05) is 25.7 Å². The van der Waals surface area contributed by atoms with E-state index >= 15 is 0 Å². The SMILES string of the molecule is Cc1cc(C(=O)NCC(c2ccccc2)N2CCOCC2)no1. The summed E-state index contributed by atoms with van der Waals surface area (Å²) >= 11 is 0. The van der Waals surface area contributed by atoms with Crippen molar-refractivity contribution in [3.05, 3.63) is 53.4 Å². The minimum Gasteiger partial charge on any atom is -0.379 e. The van der Waals surface area contributed by atoms with Gasteiger partial charge in [-0.05, 0) is 12.5 Å². The third-order valence-electron chi connectivity index (χ3n) is 3.99. The summed E-state index contributed by atoms with van der Waals surface area (Å²) in [6.07, 6.45) is 0. The Morgan fingerprint density at radius 2 is 2.04 bits per heavy atom. The van der Waals surface area contributed by atoms with Gasteiger partial charge in [-0.1, -0.05) is 35.5 Å². The average molecular weight is 315 g/mol. The van der Waals surface area contributed by atoms with Gasteiger partial charge in [0.1, 0.15) is 5.76 Å². The first-order valence-electron chi connectivity index (χ1n) is 7.82. The van der Waals surface area contributed by atoms with Crippen molar-refractivity contribution < 1.29 is 14.1 Å². The molecule has 1 aromatic carbocycles. The van der Waals surface area contributed by atoms with E-state index in [0.29, 0.717) is 18.0 Å². The summed E-state index contributed by atoms with van der Waals surface area (Å²) in [4.78, 5) is 14.5. The summed E-state index contributed by atoms with van der Waals surface area (Å²) < 4.78 is 10.4. The molecule has 1 saturated heterocycles. The number of hydrogen-bond donors (Lipinski definition) is 1. The number of carbonyl (C=O) groups excluding carboxylic acids is 1. The molecule has 1 aromatic heterocycles. The predicted molar refractivity (Wildman–Crippen MR) is 85.1 cm³/mol. The van der Waals surface area contributed by atoms with Crippen LogP contribution in [0.25, 0.3) is 0 Å². The highest BCUT2D eigenvalue weighted by Crippen LogP contribution is 2.21. The molecule has 0 spiro atoms. The fraction of sp³-hybridized carbons (Fsp3) is 0.412. The molecule has 0 radical (unpaired) electrons. The smallest absolute Gasteiger partial charge is 0.273 e. The number of ether oxygens (including phenoxy) is 1. The Morgan fingerprint density at radius 3 is 2.70 bits per heavy atom. The van der Waals surface area contributed by atoms with E-state index in [4.69, 9.17) is 9.26 Å². The van der Waals surface area contributed by atoms with Gasteiger partial charge in [-0.2, -0.15) is 0 Å². The van der Waals surface area contributed by atoms with Crippen LogP contribution < -0.4 is 5.32 Å². The molecule has 1 aliphatic rings. The molecule has 0 saturated carbocycles. The minimum absolute atomic E-state index is 0.122. The maximum absolute atomic E-state index is 12.2. The van der Waals surface area contributed by atoms with E-state index in [1.165, 1.54) is 5.56 Å². The summed E-state index contributed by atoms with van der Waals surface area (Å²) in [5.74, 6) is 0.416. The van der Waals surface area contributed by atoms with E-state index in [1.54, 1.807) is 13.0 Å². The van der Waals surface area contributed by atoms with Gasteiger partial charge in [0.05, 0.1) is 19.3 Å². The molecular formula is C17H21N3O3. The normalized spacial score (nSPS) is 16.9. The molecular weight excluding hydrogens is 294 g/mol.